The largest absolute Gasteiger partial charge is 0.126 e. The first-order chi connectivity index (χ1) is 5.68. The summed E-state index contributed by atoms with van der Waals surface area (Å²) in [5.41, 5.74) is 0. The molecule has 0 aliphatic heterocycles. The van der Waals surface area contributed by atoms with Crippen molar-refractivity contribution < 1.29 is 0 Å². The van der Waals surface area contributed by atoms with Crippen LogP contribution in [0.4, 0.5) is 0 Å². The highest BCUT2D eigenvalue weighted by Crippen LogP contribution is 2.22. The molecule has 0 nitrogen and oxygen atoms in total. The molecule has 0 saturated carbocycles. The van der Waals surface area contributed by atoms with Crippen molar-refractivity contribution in [2.24, 2.45) is 5.92 Å². The third-order valence-electron chi connectivity index (χ3n) is 1.40. The van der Waals surface area contributed by atoms with E-state index < -0.39 is 0 Å². The van der Waals surface area contributed by atoms with E-state index in [1.807, 2.05) is 23.9 Å². The molecule has 0 atom stereocenters. The van der Waals surface area contributed by atoms with E-state index in [0.29, 0.717) is 0 Å². The van der Waals surface area contributed by atoms with Gasteiger partial charge in [0.25, 0.3) is 0 Å². The second-order valence-electron chi connectivity index (χ2n) is 3.16. The van der Waals surface area contributed by atoms with Crippen molar-refractivity contribution in [2.75, 3.05) is 5.75 Å². The van der Waals surface area contributed by atoms with Gasteiger partial charge in [-0.05, 0) is 30.2 Å². The van der Waals surface area contributed by atoms with Gasteiger partial charge in [0.2, 0.25) is 0 Å². The number of rotatable bonds is 3. The summed E-state index contributed by atoms with van der Waals surface area (Å²) in [7, 11) is 0. The Bertz CT molecular complexity index is 228. The molecule has 0 amide bonds. The molecule has 1 aromatic carbocycles. The van der Waals surface area contributed by atoms with Crippen LogP contribution in [0.2, 0.25) is 5.02 Å². The lowest BCUT2D eigenvalue weighted by Gasteiger charge is -2.03. The molecule has 1 aromatic rings. The number of hydrogen-bond acceptors (Lipinski definition) is 1. The highest BCUT2D eigenvalue weighted by molar-refractivity contribution is 7.99. The zero-order valence-electron chi connectivity index (χ0n) is 7.38. The van der Waals surface area contributed by atoms with Crippen molar-refractivity contribution in [3.05, 3.63) is 29.3 Å². The van der Waals surface area contributed by atoms with Gasteiger partial charge in [-0.1, -0.05) is 25.4 Å². The molecule has 0 spiro atoms. The lowest BCUT2D eigenvalue weighted by atomic mass is 10.3. The van der Waals surface area contributed by atoms with Gasteiger partial charge >= 0.3 is 0 Å². The van der Waals surface area contributed by atoms with Crippen molar-refractivity contribution in [3.63, 3.8) is 0 Å². The highest BCUT2D eigenvalue weighted by Gasteiger charge is 1.96. The zero-order chi connectivity index (χ0) is 8.97. The SMILES string of the molecule is CC(C)CSc1ccc(Cl)cc1. The van der Waals surface area contributed by atoms with Gasteiger partial charge in [-0.15, -0.1) is 11.8 Å². The van der Waals surface area contributed by atoms with E-state index >= 15 is 0 Å². The average Bonchev–Trinajstić information content (AvgIpc) is 2.03. The Morgan fingerprint density at radius 2 is 1.83 bits per heavy atom. The normalized spacial score (nSPS) is 10.7. The van der Waals surface area contributed by atoms with Crippen molar-refractivity contribution in [1.82, 2.24) is 0 Å². The first kappa shape index (κ1) is 9.94. The highest BCUT2D eigenvalue weighted by atomic mass is 35.5. The summed E-state index contributed by atoms with van der Waals surface area (Å²) in [5, 5.41) is 0.809. The predicted molar refractivity (Wildman–Crippen MR) is 57.0 cm³/mol. The van der Waals surface area contributed by atoms with Crippen LogP contribution in [0.15, 0.2) is 29.2 Å². The van der Waals surface area contributed by atoms with Crippen molar-refractivity contribution in [1.29, 1.82) is 0 Å². The van der Waals surface area contributed by atoms with Crippen LogP contribution < -0.4 is 0 Å². The van der Waals surface area contributed by atoms with E-state index in [1.54, 1.807) is 0 Å². The number of thioether (sulfide) groups is 1. The van der Waals surface area contributed by atoms with E-state index in [4.69, 9.17) is 11.6 Å². The number of halogens is 1. The molecule has 0 heterocycles. The Labute approximate surface area is 83.3 Å². The lowest BCUT2D eigenvalue weighted by Crippen LogP contribution is -1.89. The van der Waals surface area contributed by atoms with Crippen LogP contribution in [0.25, 0.3) is 0 Å². The number of hydrogen-bond donors (Lipinski definition) is 0. The summed E-state index contributed by atoms with van der Waals surface area (Å²) in [6, 6.07) is 8.00. The van der Waals surface area contributed by atoms with Crippen molar-refractivity contribution >= 4 is 23.4 Å². The molecule has 0 bridgehead atoms. The standard InChI is InChI=1S/C10H13ClS/c1-8(2)7-12-10-5-3-9(11)4-6-10/h3-6,8H,7H2,1-2H3. The van der Waals surface area contributed by atoms with E-state index in [0.717, 1.165) is 10.9 Å². The Balaban J connectivity index is 2.48. The van der Waals surface area contributed by atoms with Gasteiger partial charge in [-0.3, -0.25) is 0 Å². The molecule has 0 aromatic heterocycles. The molecular formula is C10H13ClS. The third kappa shape index (κ3) is 3.51. The van der Waals surface area contributed by atoms with Crippen LogP contribution in [-0.2, 0) is 0 Å². The molecule has 0 radical (unpaired) electrons. The molecule has 0 fully saturated rings. The summed E-state index contributed by atoms with van der Waals surface area (Å²) in [6.45, 7) is 4.45. The molecule has 0 N–H and O–H groups in total. The maximum absolute atomic E-state index is 5.77. The minimum absolute atomic E-state index is 0.741. The predicted octanol–water partition coefficient (Wildman–Crippen LogP) is 4.09. The summed E-state index contributed by atoms with van der Waals surface area (Å²) in [6.07, 6.45) is 0. The maximum atomic E-state index is 5.77. The summed E-state index contributed by atoms with van der Waals surface area (Å²) in [5.74, 6) is 1.91. The molecule has 0 aliphatic carbocycles. The fourth-order valence-electron chi connectivity index (χ4n) is 0.794. The second kappa shape index (κ2) is 4.78. The smallest absolute Gasteiger partial charge is 0.0406 e. The van der Waals surface area contributed by atoms with Gasteiger partial charge in [-0.25, -0.2) is 0 Å². The van der Waals surface area contributed by atoms with Gasteiger partial charge in [0.1, 0.15) is 0 Å². The van der Waals surface area contributed by atoms with Gasteiger partial charge in [0.05, 0.1) is 0 Å². The zero-order valence-corrected chi connectivity index (χ0v) is 8.95. The summed E-state index contributed by atoms with van der Waals surface area (Å²) < 4.78 is 0. The van der Waals surface area contributed by atoms with Crippen LogP contribution in [0.5, 0.6) is 0 Å². The lowest BCUT2D eigenvalue weighted by molar-refractivity contribution is 0.750. The van der Waals surface area contributed by atoms with E-state index in [2.05, 4.69) is 26.0 Å². The molecule has 12 heavy (non-hydrogen) atoms. The molecule has 1 rings (SSSR count). The van der Waals surface area contributed by atoms with Gasteiger partial charge < -0.3 is 0 Å². The fraction of sp³-hybridized carbons (Fsp3) is 0.400. The van der Waals surface area contributed by atoms with Gasteiger partial charge in [-0.2, -0.15) is 0 Å². The van der Waals surface area contributed by atoms with Gasteiger partial charge in [0.15, 0.2) is 0 Å². The number of benzene rings is 1. The summed E-state index contributed by atoms with van der Waals surface area (Å²) >= 11 is 7.64. The van der Waals surface area contributed by atoms with Crippen molar-refractivity contribution in [3.8, 4) is 0 Å². The Morgan fingerprint density at radius 1 is 1.25 bits per heavy atom. The van der Waals surface area contributed by atoms with Crippen LogP contribution in [-0.4, -0.2) is 5.75 Å². The average molecular weight is 201 g/mol. The van der Waals surface area contributed by atoms with Crippen LogP contribution in [0.1, 0.15) is 13.8 Å². The second-order valence-corrected chi connectivity index (χ2v) is 4.69. The van der Waals surface area contributed by atoms with E-state index in [-0.39, 0.29) is 0 Å². The Kier molecular flexibility index (Phi) is 3.96. The molecule has 0 aliphatic rings. The third-order valence-corrected chi connectivity index (χ3v) is 3.09. The van der Waals surface area contributed by atoms with E-state index in [9.17, 15) is 0 Å². The molecule has 0 saturated heterocycles. The summed E-state index contributed by atoms with van der Waals surface area (Å²) in [4.78, 5) is 1.30. The fourth-order valence-corrected chi connectivity index (χ4v) is 1.77. The quantitative estimate of drug-likeness (QED) is 0.663. The molecular weight excluding hydrogens is 188 g/mol. The van der Waals surface area contributed by atoms with Crippen LogP contribution in [0.3, 0.4) is 0 Å². The maximum Gasteiger partial charge on any atom is 0.0406 e. The molecule has 0 unspecified atom stereocenters. The van der Waals surface area contributed by atoms with Crippen LogP contribution in [0, 0.1) is 5.92 Å². The molecule has 66 valence electrons. The minimum Gasteiger partial charge on any atom is -0.126 e. The Hall–Kier alpha value is -0.140. The molecule has 2 heteroatoms. The monoisotopic (exact) mass is 200 g/mol. The first-order valence-corrected chi connectivity index (χ1v) is 5.43. The van der Waals surface area contributed by atoms with Crippen LogP contribution >= 0.6 is 23.4 Å². The first-order valence-electron chi connectivity index (χ1n) is 4.07. The van der Waals surface area contributed by atoms with E-state index in [1.165, 1.54) is 10.6 Å². The van der Waals surface area contributed by atoms with Crippen molar-refractivity contribution in [2.45, 2.75) is 18.7 Å². The minimum atomic E-state index is 0.741. The Morgan fingerprint density at radius 3 is 2.33 bits per heavy atom. The topological polar surface area (TPSA) is 0 Å². The van der Waals surface area contributed by atoms with Gasteiger partial charge in [0, 0.05) is 15.7 Å².